The summed E-state index contributed by atoms with van der Waals surface area (Å²) in [6, 6.07) is 8.38. The number of rotatable bonds is 6. The lowest BCUT2D eigenvalue weighted by Gasteiger charge is -2.07. The largest absolute Gasteiger partial charge is 0.471 e. The van der Waals surface area contributed by atoms with Crippen molar-refractivity contribution in [3.05, 3.63) is 53.2 Å². The Labute approximate surface area is 163 Å². The molecule has 1 aliphatic carbocycles. The standard InChI is InChI=1S/C19H17F3N4O3/c1-2-28-17(27)15-9-14(12-7-8-12)24-26(15)10-11-3-5-13(6-4-11)16-23-18(29-25-16)19(20,21)22/h3-6,9,12H,2,7-8,10H2,1H3. The summed E-state index contributed by atoms with van der Waals surface area (Å²) in [6.07, 6.45) is -2.58. The van der Waals surface area contributed by atoms with Gasteiger partial charge in [-0.2, -0.15) is 23.3 Å². The summed E-state index contributed by atoms with van der Waals surface area (Å²) < 4.78 is 48.8. The van der Waals surface area contributed by atoms with Crippen molar-refractivity contribution in [2.75, 3.05) is 6.61 Å². The summed E-state index contributed by atoms with van der Waals surface area (Å²) in [7, 11) is 0. The van der Waals surface area contributed by atoms with Gasteiger partial charge in [0.25, 0.3) is 0 Å². The molecule has 7 nitrogen and oxygen atoms in total. The van der Waals surface area contributed by atoms with Gasteiger partial charge >= 0.3 is 18.0 Å². The second kappa shape index (κ2) is 7.34. The molecule has 0 saturated heterocycles. The van der Waals surface area contributed by atoms with Gasteiger partial charge in [-0.25, -0.2) is 4.79 Å². The van der Waals surface area contributed by atoms with E-state index in [0.29, 0.717) is 23.7 Å². The van der Waals surface area contributed by atoms with E-state index in [-0.39, 0.29) is 12.4 Å². The molecule has 10 heteroatoms. The molecule has 1 aromatic carbocycles. The number of alkyl halides is 3. The van der Waals surface area contributed by atoms with Gasteiger partial charge in [-0.3, -0.25) is 4.68 Å². The summed E-state index contributed by atoms with van der Waals surface area (Å²) in [5.74, 6) is -1.59. The maximum atomic E-state index is 12.6. The van der Waals surface area contributed by atoms with Crippen LogP contribution < -0.4 is 0 Å². The Morgan fingerprint density at radius 1 is 1.28 bits per heavy atom. The monoisotopic (exact) mass is 406 g/mol. The molecule has 0 radical (unpaired) electrons. The van der Waals surface area contributed by atoms with Crippen LogP contribution in [0.2, 0.25) is 0 Å². The minimum absolute atomic E-state index is 0.147. The maximum absolute atomic E-state index is 12.6. The second-order valence-electron chi connectivity index (χ2n) is 6.72. The molecule has 2 aromatic heterocycles. The average molecular weight is 406 g/mol. The van der Waals surface area contributed by atoms with Crippen LogP contribution in [0, 0.1) is 0 Å². The smallest absolute Gasteiger partial charge is 0.461 e. The third-order valence-corrected chi connectivity index (χ3v) is 4.49. The van der Waals surface area contributed by atoms with Crippen molar-refractivity contribution in [1.82, 2.24) is 19.9 Å². The van der Waals surface area contributed by atoms with Crippen LogP contribution in [-0.2, 0) is 17.5 Å². The lowest BCUT2D eigenvalue weighted by molar-refractivity contribution is -0.159. The molecule has 4 rings (SSSR count). The Balaban J connectivity index is 1.54. The van der Waals surface area contributed by atoms with Crippen molar-refractivity contribution < 1.29 is 27.2 Å². The summed E-state index contributed by atoms with van der Waals surface area (Å²) in [6.45, 7) is 2.32. The van der Waals surface area contributed by atoms with Crippen molar-refractivity contribution in [2.24, 2.45) is 0 Å². The topological polar surface area (TPSA) is 83.0 Å². The highest BCUT2D eigenvalue weighted by atomic mass is 19.4. The van der Waals surface area contributed by atoms with Crippen LogP contribution in [0.4, 0.5) is 13.2 Å². The summed E-state index contributed by atoms with van der Waals surface area (Å²) in [5.41, 5.74) is 2.45. The minimum Gasteiger partial charge on any atom is -0.461 e. The first-order valence-corrected chi connectivity index (χ1v) is 9.10. The number of ether oxygens (including phenoxy) is 1. The lowest BCUT2D eigenvalue weighted by Crippen LogP contribution is -2.14. The number of esters is 1. The molecule has 0 spiro atoms. The van der Waals surface area contributed by atoms with E-state index in [1.165, 1.54) is 0 Å². The first-order chi connectivity index (χ1) is 13.8. The molecule has 0 unspecified atom stereocenters. The third-order valence-electron chi connectivity index (χ3n) is 4.49. The van der Waals surface area contributed by atoms with Crippen molar-refractivity contribution >= 4 is 5.97 Å². The molecule has 152 valence electrons. The van der Waals surface area contributed by atoms with E-state index >= 15 is 0 Å². The van der Waals surface area contributed by atoms with Gasteiger partial charge in [0.15, 0.2) is 0 Å². The van der Waals surface area contributed by atoms with E-state index in [4.69, 9.17) is 4.74 Å². The molecule has 29 heavy (non-hydrogen) atoms. The van der Waals surface area contributed by atoms with Gasteiger partial charge in [0, 0.05) is 11.5 Å². The SMILES string of the molecule is CCOC(=O)c1cc(C2CC2)nn1Cc1ccc(-c2noc(C(F)(F)F)n2)cc1. The van der Waals surface area contributed by atoms with Crippen LogP contribution in [0.3, 0.4) is 0 Å². The van der Waals surface area contributed by atoms with Gasteiger partial charge in [-0.1, -0.05) is 29.4 Å². The molecule has 0 N–H and O–H groups in total. The van der Waals surface area contributed by atoms with E-state index in [9.17, 15) is 18.0 Å². The Morgan fingerprint density at radius 3 is 2.59 bits per heavy atom. The van der Waals surface area contributed by atoms with Gasteiger partial charge in [-0.05, 0) is 31.4 Å². The zero-order valence-corrected chi connectivity index (χ0v) is 15.4. The molecule has 1 fully saturated rings. The van der Waals surface area contributed by atoms with Gasteiger partial charge in [-0.15, -0.1) is 0 Å². The highest BCUT2D eigenvalue weighted by Gasteiger charge is 2.38. The number of benzene rings is 1. The van der Waals surface area contributed by atoms with Gasteiger partial charge in [0.05, 0.1) is 18.8 Å². The third kappa shape index (κ3) is 4.15. The Bertz CT molecular complexity index is 1020. The molecule has 0 amide bonds. The van der Waals surface area contributed by atoms with E-state index in [2.05, 4.69) is 19.8 Å². The summed E-state index contributed by atoms with van der Waals surface area (Å²) >= 11 is 0. The van der Waals surface area contributed by atoms with Crippen molar-refractivity contribution in [3.8, 4) is 11.4 Å². The quantitative estimate of drug-likeness (QED) is 0.574. The number of carbonyl (C=O) groups excluding carboxylic acids is 1. The second-order valence-corrected chi connectivity index (χ2v) is 6.72. The summed E-state index contributed by atoms with van der Waals surface area (Å²) in [4.78, 5) is 15.6. The van der Waals surface area contributed by atoms with Crippen LogP contribution in [0.1, 0.15) is 53.3 Å². The molecule has 0 aliphatic heterocycles. The molecular formula is C19H17F3N4O3. The Hall–Kier alpha value is -3.17. The maximum Gasteiger partial charge on any atom is 0.471 e. The number of nitrogens with zero attached hydrogens (tertiary/aromatic N) is 4. The first kappa shape index (κ1) is 19.2. The number of carbonyl (C=O) groups is 1. The average Bonchev–Trinajstić information content (AvgIpc) is 3.24. The van der Waals surface area contributed by atoms with Crippen molar-refractivity contribution in [3.63, 3.8) is 0 Å². The minimum atomic E-state index is -4.69. The highest BCUT2D eigenvalue weighted by Crippen LogP contribution is 2.39. The Morgan fingerprint density at radius 2 is 2.00 bits per heavy atom. The predicted molar refractivity (Wildman–Crippen MR) is 94.0 cm³/mol. The van der Waals surface area contributed by atoms with E-state index in [1.807, 2.05) is 0 Å². The molecule has 0 atom stereocenters. The lowest BCUT2D eigenvalue weighted by atomic mass is 10.1. The van der Waals surface area contributed by atoms with Crippen LogP contribution in [0.15, 0.2) is 34.9 Å². The number of hydrogen-bond acceptors (Lipinski definition) is 6. The molecule has 2 heterocycles. The molecule has 1 aliphatic rings. The number of halogens is 3. The normalized spacial score (nSPS) is 14.2. The zero-order valence-electron chi connectivity index (χ0n) is 15.4. The van der Waals surface area contributed by atoms with Crippen molar-refractivity contribution in [2.45, 2.75) is 38.4 Å². The van der Waals surface area contributed by atoms with Gasteiger partial charge < -0.3 is 9.26 Å². The van der Waals surface area contributed by atoms with Crippen LogP contribution in [-0.4, -0.2) is 32.5 Å². The fourth-order valence-electron chi connectivity index (χ4n) is 2.89. The van der Waals surface area contributed by atoms with Crippen LogP contribution in [0.25, 0.3) is 11.4 Å². The van der Waals surface area contributed by atoms with Crippen LogP contribution in [0.5, 0.6) is 0 Å². The number of aromatic nitrogens is 4. The predicted octanol–water partition coefficient (Wildman–Crippen LogP) is 4.05. The first-order valence-electron chi connectivity index (χ1n) is 9.10. The molecular weight excluding hydrogens is 389 g/mol. The Kier molecular flexibility index (Phi) is 4.85. The van der Waals surface area contributed by atoms with E-state index in [0.717, 1.165) is 24.1 Å². The molecule has 0 bridgehead atoms. The number of hydrogen-bond donors (Lipinski definition) is 0. The summed E-state index contributed by atoms with van der Waals surface area (Å²) in [5, 5.41) is 7.90. The molecule has 1 saturated carbocycles. The zero-order chi connectivity index (χ0) is 20.6. The van der Waals surface area contributed by atoms with Crippen LogP contribution >= 0.6 is 0 Å². The van der Waals surface area contributed by atoms with Crippen molar-refractivity contribution in [1.29, 1.82) is 0 Å². The van der Waals surface area contributed by atoms with Gasteiger partial charge in [0.1, 0.15) is 5.69 Å². The van der Waals surface area contributed by atoms with Gasteiger partial charge in [0.2, 0.25) is 5.82 Å². The fraction of sp³-hybridized carbons (Fsp3) is 0.368. The fourth-order valence-corrected chi connectivity index (χ4v) is 2.89. The highest BCUT2D eigenvalue weighted by molar-refractivity contribution is 5.87. The molecule has 3 aromatic rings. The van der Waals surface area contributed by atoms with E-state index in [1.54, 1.807) is 41.9 Å². The van der Waals surface area contributed by atoms with E-state index < -0.39 is 18.0 Å².